The van der Waals surface area contributed by atoms with Crippen LogP contribution in [0.15, 0.2) is 34.8 Å². The molecule has 110 valence electrons. The molecule has 0 unspecified atom stereocenters. The Labute approximate surface area is 128 Å². The zero-order valence-corrected chi connectivity index (χ0v) is 12.6. The molecule has 0 spiro atoms. The SMILES string of the molecule is Cc1cc(NN)ccc1C(=O)Nc1c(F)cc(F)cc1Br. The summed E-state index contributed by atoms with van der Waals surface area (Å²) in [6.07, 6.45) is 0. The molecule has 0 bridgehead atoms. The van der Waals surface area contributed by atoms with E-state index in [1.165, 1.54) is 0 Å². The Morgan fingerprint density at radius 1 is 1.24 bits per heavy atom. The summed E-state index contributed by atoms with van der Waals surface area (Å²) in [5.41, 5.74) is 4.04. The number of benzene rings is 2. The van der Waals surface area contributed by atoms with Crippen molar-refractivity contribution in [3.05, 3.63) is 57.6 Å². The summed E-state index contributed by atoms with van der Waals surface area (Å²) in [6, 6.07) is 6.65. The number of nitrogens with one attached hydrogen (secondary N) is 2. The molecule has 0 aliphatic rings. The fraction of sp³-hybridized carbons (Fsp3) is 0.0714. The number of hydrogen-bond acceptors (Lipinski definition) is 3. The van der Waals surface area contributed by atoms with Crippen molar-refractivity contribution in [1.82, 2.24) is 0 Å². The largest absolute Gasteiger partial charge is 0.324 e. The Morgan fingerprint density at radius 2 is 1.95 bits per heavy atom. The van der Waals surface area contributed by atoms with Crippen LogP contribution in [0.1, 0.15) is 15.9 Å². The zero-order valence-electron chi connectivity index (χ0n) is 11.0. The Kier molecular flexibility index (Phi) is 4.54. The molecule has 0 atom stereocenters. The van der Waals surface area contributed by atoms with Gasteiger partial charge in [-0.05, 0) is 52.7 Å². The number of rotatable bonds is 3. The van der Waals surface area contributed by atoms with E-state index in [2.05, 4.69) is 26.7 Å². The molecule has 7 heteroatoms. The molecule has 0 saturated heterocycles. The van der Waals surface area contributed by atoms with E-state index in [1.54, 1.807) is 25.1 Å². The van der Waals surface area contributed by atoms with Crippen molar-refractivity contribution in [3.8, 4) is 0 Å². The number of carbonyl (C=O) groups is 1. The van der Waals surface area contributed by atoms with Gasteiger partial charge in [0.2, 0.25) is 0 Å². The summed E-state index contributed by atoms with van der Waals surface area (Å²) >= 11 is 3.02. The third-order valence-corrected chi connectivity index (χ3v) is 3.51. The molecule has 0 heterocycles. The molecular weight excluding hydrogens is 344 g/mol. The monoisotopic (exact) mass is 355 g/mol. The van der Waals surface area contributed by atoms with Gasteiger partial charge in [0.05, 0.1) is 5.69 Å². The molecule has 2 aromatic rings. The van der Waals surface area contributed by atoms with E-state index < -0.39 is 17.5 Å². The maximum atomic E-state index is 13.7. The van der Waals surface area contributed by atoms with E-state index in [9.17, 15) is 13.6 Å². The average Bonchev–Trinajstić information content (AvgIpc) is 2.42. The first-order valence-corrected chi connectivity index (χ1v) is 6.75. The summed E-state index contributed by atoms with van der Waals surface area (Å²) in [4.78, 5) is 12.2. The second kappa shape index (κ2) is 6.19. The van der Waals surface area contributed by atoms with Gasteiger partial charge in [0.15, 0.2) is 5.82 Å². The molecule has 0 radical (unpaired) electrons. The van der Waals surface area contributed by atoms with Crippen LogP contribution in [0.3, 0.4) is 0 Å². The summed E-state index contributed by atoms with van der Waals surface area (Å²) < 4.78 is 26.8. The van der Waals surface area contributed by atoms with E-state index in [0.717, 1.165) is 6.07 Å². The van der Waals surface area contributed by atoms with Gasteiger partial charge >= 0.3 is 0 Å². The van der Waals surface area contributed by atoms with Crippen LogP contribution in [0.4, 0.5) is 20.2 Å². The van der Waals surface area contributed by atoms with Crippen LogP contribution in [0.25, 0.3) is 0 Å². The molecule has 0 aromatic heterocycles. The molecule has 0 saturated carbocycles. The number of halogens is 3. The van der Waals surface area contributed by atoms with Gasteiger partial charge in [0, 0.05) is 21.8 Å². The number of amides is 1. The molecule has 2 aromatic carbocycles. The van der Waals surface area contributed by atoms with Crippen molar-refractivity contribution in [1.29, 1.82) is 0 Å². The Hall–Kier alpha value is -1.99. The molecular formula is C14H12BrF2N3O. The minimum atomic E-state index is -0.854. The molecule has 21 heavy (non-hydrogen) atoms. The van der Waals surface area contributed by atoms with Crippen molar-refractivity contribution in [3.63, 3.8) is 0 Å². The van der Waals surface area contributed by atoms with Crippen LogP contribution in [0.5, 0.6) is 0 Å². The van der Waals surface area contributed by atoms with Crippen LogP contribution >= 0.6 is 15.9 Å². The molecule has 2 rings (SSSR count). The van der Waals surface area contributed by atoms with Crippen molar-refractivity contribution in [2.24, 2.45) is 5.84 Å². The molecule has 0 fully saturated rings. The number of hydrazine groups is 1. The highest BCUT2D eigenvalue weighted by atomic mass is 79.9. The van der Waals surface area contributed by atoms with Crippen LogP contribution in [-0.4, -0.2) is 5.91 Å². The minimum absolute atomic E-state index is 0.109. The number of hydrogen-bond donors (Lipinski definition) is 3. The van der Waals surface area contributed by atoms with E-state index in [-0.39, 0.29) is 10.2 Å². The average molecular weight is 356 g/mol. The summed E-state index contributed by atoms with van der Waals surface area (Å²) in [7, 11) is 0. The maximum absolute atomic E-state index is 13.7. The highest BCUT2D eigenvalue weighted by Gasteiger charge is 2.15. The van der Waals surface area contributed by atoms with E-state index in [0.29, 0.717) is 22.9 Å². The molecule has 0 aliphatic heterocycles. The number of anilines is 2. The predicted molar refractivity (Wildman–Crippen MR) is 81.0 cm³/mol. The van der Waals surface area contributed by atoms with Crippen molar-refractivity contribution in [2.45, 2.75) is 6.92 Å². The minimum Gasteiger partial charge on any atom is -0.324 e. The van der Waals surface area contributed by atoms with Crippen molar-refractivity contribution < 1.29 is 13.6 Å². The van der Waals surface area contributed by atoms with Gasteiger partial charge in [-0.1, -0.05) is 0 Å². The van der Waals surface area contributed by atoms with Crippen molar-refractivity contribution >= 4 is 33.2 Å². The lowest BCUT2D eigenvalue weighted by Crippen LogP contribution is -2.15. The number of carbonyl (C=O) groups excluding carboxylic acids is 1. The summed E-state index contributed by atoms with van der Waals surface area (Å²) in [5.74, 6) is 3.20. The van der Waals surface area contributed by atoms with Gasteiger partial charge in [-0.2, -0.15) is 0 Å². The quantitative estimate of drug-likeness (QED) is 0.582. The van der Waals surface area contributed by atoms with Crippen molar-refractivity contribution in [2.75, 3.05) is 10.7 Å². The fourth-order valence-electron chi connectivity index (χ4n) is 1.85. The summed E-state index contributed by atoms with van der Waals surface area (Å²) in [6.45, 7) is 1.73. The predicted octanol–water partition coefficient (Wildman–Crippen LogP) is 3.57. The molecule has 4 N–H and O–H groups in total. The molecule has 4 nitrogen and oxygen atoms in total. The molecule has 1 amide bonds. The first-order chi connectivity index (χ1) is 9.92. The fourth-order valence-corrected chi connectivity index (χ4v) is 2.36. The van der Waals surface area contributed by atoms with E-state index in [1.807, 2.05) is 0 Å². The zero-order chi connectivity index (χ0) is 15.6. The first-order valence-electron chi connectivity index (χ1n) is 5.95. The first kappa shape index (κ1) is 15.4. The topological polar surface area (TPSA) is 67.1 Å². The highest BCUT2D eigenvalue weighted by molar-refractivity contribution is 9.10. The van der Waals surface area contributed by atoms with Gasteiger partial charge in [0.25, 0.3) is 5.91 Å². The number of nitrogens with two attached hydrogens (primary N) is 1. The van der Waals surface area contributed by atoms with Crippen LogP contribution in [0, 0.1) is 18.6 Å². The standard InChI is InChI=1S/C14H12BrF2N3O/c1-7-4-9(20-18)2-3-10(7)14(21)19-13-11(15)5-8(16)6-12(13)17/h2-6,20H,18H2,1H3,(H,19,21). The second-order valence-corrected chi connectivity index (χ2v) is 5.23. The lowest BCUT2D eigenvalue weighted by Gasteiger charge is -2.11. The molecule has 0 aliphatic carbocycles. The third kappa shape index (κ3) is 3.37. The second-order valence-electron chi connectivity index (χ2n) is 4.37. The maximum Gasteiger partial charge on any atom is 0.256 e. The highest BCUT2D eigenvalue weighted by Crippen LogP contribution is 2.27. The van der Waals surface area contributed by atoms with E-state index >= 15 is 0 Å². The Morgan fingerprint density at radius 3 is 2.52 bits per heavy atom. The smallest absolute Gasteiger partial charge is 0.256 e. The number of aryl methyl sites for hydroxylation is 1. The Bertz CT molecular complexity index is 684. The summed E-state index contributed by atoms with van der Waals surface area (Å²) in [5, 5.41) is 2.42. The Balaban J connectivity index is 2.30. The normalized spacial score (nSPS) is 10.3. The van der Waals surface area contributed by atoms with Gasteiger partial charge in [-0.3, -0.25) is 10.6 Å². The van der Waals surface area contributed by atoms with Crippen LogP contribution in [-0.2, 0) is 0 Å². The van der Waals surface area contributed by atoms with Crippen LogP contribution in [0.2, 0.25) is 0 Å². The van der Waals surface area contributed by atoms with E-state index in [4.69, 9.17) is 5.84 Å². The van der Waals surface area contributed by atoms with Gasteiger partial charge in [0.1, 0.15) is 5.82 Å². The van der Waals surface area contributed by atoms with Crippen LogP contribution < -0.4 is 16.6 Å². The lowest BCUT2D eigenvalue weighted by molar-refractivity contribution is 0.102. The lowest BCUT2D eigenvalue weighted by atomic mass is 10.1. The van der Waals surface area contributed by atoms with Gasteiger partial charge in [-0.25, -0.2) is 8.78 Å². The number of nitrogen functional groups attached to an aromatic ring is 1. The van der Waals surface area contributed by atoms with Gasteiger partial charge < -0.3 is 10.7 Å². The third-order valence-electron chi connectivity index (χ3n) is 2.88. The van der Waals surface area contributed by atoms with Gasteiger partial charge in [-0.15, -0.1) is 0 Å².